The molecule has 2 aliphatic rings. The Morgan fingerprint density at radius 3 is 2.73 bits per heavy atom. The average molecular weight is 520 g/mol. The molecule has 0 unspecified atom stereocenters. The zero-order valence-corrected chi connectivity index (χ0v) is 22.0. The van der Waals surface area contributed by atoms with Gasteiger partial charge in [-0.15, -0.1) is 0 Å². The van der Waals surface area contributed by atoms with E-state index in [1.165, 1.54) is 39.2 Å². The second-order valence-electron chi connectivity index (χ2n) is 9.55. The van der Waals surface area contributed by atoms with Crippen molar-refractivity contribution in [3.05, 3.63) is 72.3 Å². The van der Waals surface area contributed by atoms with E-state index in [-0.39, 0.29) is 24.6 Å². The monoisotopic (exact) mass is 519 g/mol. The van der Waals surface area contributed by atoms with Crippen LogP contribution in [-0.2, 0) is 9.53 Å². The highest BCUT2D eigenvalue weighted by molar-refractivity contribution is 7.80. The molecule has 1 aliphatic carbocycles. The third-order valence-corrected chi connectivity index (χ3v) is 7.50. The van der Waals surface area contributed by atoms with Crippen LogP contribution in [0.15, 0.2) is 61.1 Å². The highest BCUT2D eigenvalue weighted by Crippen LogP contribution is 2.43. The summed E-state index contributed by atoms with van der Waals surface area (Å²) < 4.78 is 12.9. The van der Waals surface area contributed by atoms with Crippen LogP contribution in [-0.4, -0.2) is 41.4 Å². The molecule has 1 amide bonds. The molecule has 3 aromatic rings. The number of amides is 1. The highest BCUT2D eigenvalue weighted by atomic mass is 32.1. The van der Waals surface area contributed by atoms with Gasteiger partial charge in [0.25, 0.3) is 0 Å². The molecule has 37 heavy (non-hydrogen) atoms. The molecule has 194 valence electrons. The van der Waals surface area contributed by atoms with Crippen molar-refractivity contribution >= 4 is 34.6 Å². The first kappa shape index (κ1) is 25.2. The van der Waals surface area contributed by atoms with E-state index < -0.39 is 0 Å². The van der Waals surface area contributed by atoms with Crippen molar-refractivity contribution in [3.63, 3.8) is 0 Å². The number of nitrogens with zero attached hydrogens (tertiary/aromatic N) is 3. The van der Waals surface area contributed by atoms with E-state index in [0.717, 1.165) is 16.9 Å². The Labute approximate surface area is 223 Å². The van der Waals surface area contributed by atoms with Crippen molar-refractivity contribution in [3.8, 4) is 5.75 Å². The van der Waals surface area contributed by atoms with Crippen LogP contribution in [0.25, 0.3) is 0 Å². The van der Waals surface area contributed by atoms with Crippen molar-refractivity contribution in [2.75, 3.05) is 31.0 Å². The summed E-state index contributed by atoms with van der Waals surface area (Å²) >= 11 is 5.88. The van der Waals surface area contributed by atoms with Gasteiger partial charge in [-0.3, -0.25) is 9.78 Å². The summed E-state index contributed by atoms with van der Waals surface area (Å²) in [5, 5.41) is 7.00. The lowest BCUT2D eigenvalue weighted by atomic mass is 9.95. The number of pyridine rings is 1. The SMILES string of the molecule is COCC(=O)Nc1cc(N2C(=S)N[C@@H](c3ccccn3)[C@@H]2c2ccn(C3CCCCC3)c2)ccc1OC. The van der Waals surface area contributed by atoms with E-state index in [4.69, 9.17) is 21.7 Å². The molecule has 1 saturated heterocycles. The number of rotatable bonds is 8. The molecule has 2 atom stereocenters. The molecular formula is C28H33N5O3S. The maximum atomic E-state index is 12.3. The molecule has 1 saturated carbocycles. The molecule has 1 aromatic carbocycles. The average Bonchev–Trinajstić information content (AvgIpc) is 3.54. The van der Waals surface area contributed by atoms with Crippen LogP contribution in [0.4, 0.5) is 11.4 Å². The highest BCUT2D eigenvalue weighted by Gasteiger charge is 2.41. The fraction of sp³-hybridized carbons (Fsp3) is 0.393. The molecule has 0 spiro atoms. The quantitative estimate of drug-likeness (QED) is 0.398. The van der Waals surface area contributed by atoms with E-state index in [1.807, 2.05) is 42.6 Å². The van der Waals surface area contributed by atoms with Gasteiger partial charge >= 0.3 is 0 Å². The van der Waals surface area contributed by atoms with Gasteiger partial charge in [0.2, 0.25) is 5.91 Å². The number of methoxy groups -OCH3 is 2. The summed E-state index contributed by atoms with van der Waals surface area (Å²) in [5.74, 6) is 0.306. The molecule has 3 heterocycles. The van der Waals surface area contributed by atoms with Crippen LogP contribution in [0.1, 0.15) is 61.5 Å². The number of benzene rings is 1. The fourth-order valence-corrected chi connectivity index (χ4v) is 5.79. The Balaban J connectivity index is 1.54. The van der Waals surface area contributed by atoms with Gasteiger partial charge in [-0.25, -0.2) is 0 Å². The van der Waals surface area contributed by atoms with Crippen LogP contribution in [0.5, 0.6) is 5.75 Å². The molecule has 8 nitrogen and oxygen atoms in total. The predicted molar refractivity (Wildman–Crippen MR) is 148 cm³/mol. The van der Waals surface area contributed by atoms with E-state index >= 15 is 0 Å². The second kappa shape index (κ2) is 11.3. The van der Waals surface area contributed by atoms with Crippen LogP contribution in [0.2, 0.25) is 0 Å². The number of carbonyl (C=O) groups excluding carboxylic acids is 1. The van der Waals surface area contributed by atoms with Gasteiger partial charge in [-0.2, -0.15) is 0 Å². The summed E-state index contributed by atoms with van der Waals surface area (Å²) in [4.78, 5) is 19.1. The topological polar surface area (TPSA) is 80.7 Å². The Bertz CT molecular complexity index is 1240. The summed E-state index contributed by atoms with van der Waals surface area (Å²) in [6, 6.07) is 14.1. The molecule has 0 radical (unpaired) electrons. The summed E-state index contributed by atoms with van der Waals surface area (Å²) in [6.07, 6.45) is 12.6. The zero-order chi connectivity index (χ0) is 25.8. The molecular weight excluding hydrogens is 486 g/mol. The van der Waals surface area contributed by atoms with Gasteiger partial charge in [0.15, 0.2) is 5.11 Å². The smallest absolute Gasteiger partial charge is 0.250 e. The van der Waals surface area contributed by atoms with E-state index in [0.29, 0.717) is 22.6 Å². The first-order valence-corrected chi connectivity index (χ1v) is 13.1. The molecule has 2 fully saturated rings. The van der Waals surface area contributed by atoms with Crippen LogP contribution in [0, 0.1) is 0 Å². The molecule has 0 bridgehead atoms. The number of hydrogen-bond acceptors (Lipinski definition) is 5. The van der Waals surface area contributed by atoms with Gasteiger partial charge in [0.05, 0.1) is 30.6 Å². The van der Waals surface area contributed by atoms with Crippen LogP contribution in [0.3, 0.4) is 0 Å². The molecule has 1 aliphatic heterocycles. The minimum Gasteiger partial charge on any atom is -0.495 e. The third-order valence-electron chi connectivity index (χ3n) is 7.18. The van der Waals surface area contributed by atoms with Gasteiger partial charge in [0.1, 0.15) is 12.4 Å². The number of carbonyl (C=O) groups is 1. The minimum absolute atomic E-state index is 0.0455. The Kier molecular flexibility index (Phi) is 7.71. The number of anilines is 2. The maximum absolute atomic E-state index is 12.3. The molecule has 2 aromatic heterocycles. The van der Waals surface area contributed by atoms with Crippen molar-refractivity contribution in [1.29, 1.82) is 0 Å². The Hall–Kier alpha value is -3.43. The molecule has 2 N–H and O–H groups in total. The molecule has 5 rings (SSSR count). The predicted octanol–water partition coefficient (Wildman–Crippen LogP) is 5.16. The Morgan fingerprint density at radius 2 is 2.00 bits per heavy atom. The van der Waals surface area contributed by atoms with Crippen molar-refractivity contribution < 1.29 is 14.3 Å². The van der Waals surface area contributed by atoms with Crippen LogP contribution < -0.4 is 20.3 Å². The van der Waals surface area contributed by atoms with Gasteiger partial charge in [-0.1, -0.05) is 25.3 Å². The van der Waals surface area contributed by atoms with Gasteiger partial charge in [-0.05, 0) is 67.0 Å². The number of hydrogen-bond donors (Lipinski definition) is 2. The summed E-state index contributed by atoms with van der Waals surface area (Å²) in [5.41, 5.74) is 3.49. The Morgan fingerprint density at radius 1 is 1.16 bits per heavy atom. The number of ether oxygens (including phenoxy) is 2. The number of aromatic nitrogens is 2. The zero-order valence-electron chi connectivity index (χ0n) is 21.2. The fourth-order valence-electron chi connectivity index (χ4n) is 5.44. The van der Waals surface area contributed by atoms with E-state index in [9.17, 15) is 4.79 Å². The van der Waals surface area contributed by atoms with E-state index in [1.54, 1.807) is 7.11 Å². The standard InChI is InChI=1S/C28H33N5O3S/c1-35-18-25(34)30-23-16-21(11-12-24(23)36-2)33-27(26(31-28(33)37)22-10-6-7-14-29-22)19-13-15-32(17-19)20-8-4-3-5-9-20/h6-7,10-17,20,26-27H,3-5,8-9,18H2,1-2H3,(H,30,34)(H,31,37)/t26-,27-/m0/s1. The van der Waals surface area contributed by atoms with Gasteiger partial charge < -0.3 is 29.6 Å². The third kappa shape index (κ3) is 5.33. The normalized spacial score (nSPS) is 20.1. The van der Waals surface area contributed by atoms with Crippen molar-refractivity contribution in [2.45, 2.75) is 50.2 Å². The largest absolute Gasteiger partial charge is 0.495 e. The van der Waals surface area contributed by atoms with E-state index in [2.05, 4.69) is 43.5 Å². The minimum atomic E-state index is -0.257. The second-order valence-corrected chi connectivity index (χ2v) is 9.93. The number of thiocarbonyl (C=S) groups is 1. The lowest BCUT2D eigenvalue weighted by Gasteiger charge is -2.28. The first-order valence-electron chi connectivity index (χ1n) is 12.7. The first-order chi connectivity index (χ1) is 18.1. The summed E-state index contributed by atoms with van der Waals surface area (Å²) in [6.45, 7) is -0.0455. The van der Waals surface area contributed by atoms with Gasteiger partial charge in [0, 0.05) is 37.4 Å². The van der Waals surface area contributed by atoms with Crippen LogP contribution >= 0.6 is 12.2 Å². The maximum Gasteiger partial charge on any atom is 0.250 e. The lowest BCUT2D eigenvalue weighted by Crippen LogP contribution is -2.29. The molecule has 9 heteroatoms. The summed E-state index contributed by atoms with van der Waals surface area (Å²) in [7, 11) is 3.07. The van der Waals surface area contributed by atoms with Crippen molar-refractivity contribution in [2.24, 2.45) is 0 Å². The number of nitrogens with one attached hydrogen (secondary N) is 2. The van der Waals surface area contributed by atoms with Crippen molar-refractivity contribution in [1.82, 2.24) is 14.9 Å². The lowest BCUT2D eigenvalue weighted by molar-refractivity contribution is -0.119.